The van der Waals surface area contributed by atoms with E-state index in [9.17, 15) is 4.79 Å². The largest absolute Gasteiger partial charge is 0.508 e. The van der Waals surface area contributed by atoms with E-state index in [2.05, 4.69) is 0 Å². The summed E-state index contributed by atoms with van der Waals surface area (Å²) in [6.45, 7) is 1.33. The summed E-state index contributed by atoms with van der Waals surface area (Å²) in [7, 11) is 0. The molecule has 0 saturated heterocycles. The highest BCUT2D eigenvalue weighted by Crippen LogP contribution is 2.15. The van der Waals surface area contributed by atoms with E-state index in [4.69, 9.17) is 9.84 Å². The zero-order valence-electron chi connectivity index (χ0n) is 6.48. The molecule has 0 heterocycles. The van der Waals surface area contributed by atoms with Crippen LogP contribution >= 0.6 is 12.4 Å². The topological polar surface area (TPSA) is 46.5 Å². The van der Waals surface area contributed by atoms with Gasteiger partial charge in [-0.1, -0.05) is 0 Å². The van der Waals surface area contributed by atoms with Crippen molar-refractivity contribution in [1.29, 1.82) is 0 Å². The van der Waals surface area contributed by atoms with Crippen LogP contribution in [-0.4, -0.2) is 11.1 Å². The third-order valence-corrected chi connectivity index (χ3v) is 1.10. The number of ether oxygens (including phenoxy) is 1. The first-order chi connectivity index (χ1) is 5.18. The number of phenols is 1. The second kappa shape index (κ2) is 4.62. The zero-order chi connectivity index (χ0) is 8.27. The lowest BCUT2D eigenvalue weighted by molar-refractivity contribution is -0.131. The standard InChI is InChI=1S/C8H8O3.ClH/c1-6(9)11-8-4-2-7(10)3-5-8;/h2-5,10H,1H3;1H. The van der Waals surface area contributed by atoms with Crippen LogP contribution in [0.4, 0.5) is 0 Å². The fraction of sp³-hybridized carbons (Fsp3) is 0.125. The van der Waals surface area contributed by atoms with E-state index in [0.717, 1.165) is 0 Å². The van der Waals surface area contributed by atoms with E-state index < -0.39 is 0 Å². The molecule has 0 spiro atoms. The molecule has 0 saturated carbocycles. The smallest absolute Gasteiger partial charge is 0.308 e. The Labute approximate surface area is 76.4 Å². The number of phenolic OH excluding ortho intramolecular Hbond substituents is 1. The van der Waals surface area contributed by atoms with Gasteiger partial charge < -0.3 is 9.84 Å². The lowest BCUT2D eigenvalue weighted by Gasteiger charge is -1.99. The first kappa shape index (κ1) is 10.8. The summed E-state index contributed by atoms with van der Waals surface area (Å²) in [6.07, 6.45) is 0. The van der Waals surface area contributed by atoms with Gasteiger partial charge in [-0.2, -0.15) is 0 Å². The summed E-state index contributed by atoms with van der Waals surface area (Å²) in [5, 5.41) is 8.85. The minimum Gasteiger partial charge on any atom is -0.508 e. The van der Waals surface area contributed by atoms with E-state index in [0.29, 0.717) is 5.75 Å². The Kier molecular flexibility index (Phi) is 4.15. The lowest BCUT2D eigenvalue weighted by atomic mass is 10.3. The van der Waals surface area contributed by atoms with Gasteiger partial charge in [0.05, 0.1) is 0 Å². The number of halogens is 1. The maximum absolute atomic E-state index is 10.4. The van der Waals surface area contributed by atoms with Gasteiger partial charge in [-0.15, -0.1) is 12.4 Å². The fourth-order valence-corrected chi connectivity index (χ4v) is 0.680. The molecule has 0 aliphatic rings. The average Bonchev–Trinajstić information content (AvgIpc) is 1.93. The number of benzene rings is 1. The van der Waals surface area contributed by atoms with E-state index in [1.807, 2.05) is 0 Å². The van der Waals surface area contributed by atoms with E-state index in [-0.39, 0.29) is 24.1 Å². The van der Waals surface area contributed by atoms with Crippen LogP contribution in [0.25, 0.3) is 0 Å². The summed E-state index contributed by atoms with van der Waals surface area (Å²) in [5.74, 6) is 0.229. The molecule has 0 bridgehead atoms. The van der Waals surface area contributed by atoms with Crippen LogP contribution in [0, 0.1) is 0 Å². The summed E-state index contributed by atoms with van der Waals surface area (Å²) >= 11 is 0. The molecular weight excluding hydrogens is 180 g/mol. The molecule has 0 fully saturated rings. The van der Waals surface area contributed by atoms with Crippen molar-refractivity contribution in [2.24, 2.45) is 0 Å². The Morgan fingerprint density at radius 1 is 1.33 bits per heavy atom. The van der Waals surface area contributed by atoms with Crippen LogP contribution in [-0.2, 0) is 4.79 Å². The van der Waals surface area contributed by atoms with E-state index in [1.54, 1.807) is 0 Å². The predicted octanol–water partition coefficient (Wildman–Crippen LogP) is 1.74. The number of esters is 1. The Hall–Kier alpha value is -1.22. The third-order valence-electron chi connectivity index (χ3n) is 1.10. The molecule has 1 aromatic rings. The molecule has 0 aliphatic heterocycles. The van der Waals surface area contributed by atoms with Crippen molar-refractivity contribution in [3.8, 4) is 11.5 Å². The molecule has 0 aliphatic carbocycles. The fourth-order valence-electron chi connectivity index (χ4n) is 0.680. The number of rotatable bonds is 1. The van der Waals surface area contributed by atoms with Crippen molar-refractivity contribution in [3.05, 3.63) is 24.3 Å². The number of carbonyl (C=O) groups excluding carboxylic acids is 1. The Morgan fingerprint density at radius 3 is 2.25 bits per heavy atom. The highest BCUT2D eigenvalue weighted by Gasteiger charge is 1.95. The molecule has 0 radical (unpaired) electrons. The van der Waals surface area contributed by atoms with Gasteiger partial charge in [-0.05, 0) is 24.3 Å². The SMILES string of the molecule is CC(=O)Oc1ccc(O)cc1.Cl. The summed E-state index contributed by atoms with van der Waals surface area (Å²) in [5.41, 5.74) is 0. The van der Waals surface area contributed by atoms with Crippen molar-refractivity contribution < 1.29 is 14.6 Å². The highest BCUT2D eigenvalue weighted by molar-refractivity contribution is 5.85. The van der Waals surface area contributed by atoms with E-state index in [1.165, 1.54) is 31.2 Å². The first-order valence-electron chi connectivity index (χ1n) is 3.16. The molecule has 1 rings (SSSR count). The van der Waals surface area contributed by atoms with Crippen molar-refractivity contribution in [2.45, 2.75) is 6.92 Å². The van der Waals surface area contributed by atoms with Gasteiger partial charge in [0.15, 0.2) is 0 Å². The Morgan fingerprint density at radius 2 is 1.83 bits per heavy atom. The molecule has 1 N–H and O–H groups in total. The summed E-state index contributed by atoms with van der Waals surface area (Å²) in [6, 6.07) is 5.96. The van der Waals surface area contributed by atoms with Crippen molar-refractivity contribution in [3.63, 3.8) is 0 Å². The van der Waals surface area contributed by atoms with Crippen molar-refractivity contribution >= 4 is 18.4 Å². The minimum absolute atomic E-state index is 0. The van der Waals surface area contributed by atoms with Crippen LogP contribution < -0.4 is 4.74 Å². The number of carbonyl (C=O) groups is 1. The number of hydrogen-bond donors (Lipinski definition) is 1. The normalized spacial score (nSPS) is 8.42. The summed E-state index contributed by atoms with van der Waals surface area (Å²) < 4.78 is 4.72. The predicted molar refractivity (Wildman–Crippen MR) is 46.7 cm³/mol. The maximum Gasteiger partial charge on any atom is 0.308 e. The molecule has 0 amide bonds. The number of aromatic hydroxyl groups is 1. The van der Waals surface area contributed by atoms with Crippen LogP contribution in [0.5, 0.6) is 11.5 Å². The number of hydrogen-bond acceptors (Lipinski definition) is 3. The summed E-state index contributed by atoms with van der Waals surface area (Å²) in [4.78, 5) is 10.4. The molecule has 3 nitrogen and oxygen atoms in total. The van der Waals surface area contributed by atoms with Crippen LogP contribution in [0.1, 0.15) is 6.92 Å². The molecule has 12 heavy (non-hydrogen) atoms. The molecule has 66 valence electrons. The second-order valence-corrected chi connectivity index (χ2v) is 2.09. The quantitative estimate of drug-likeness (QED) is 0.540. The molecule has 0 unspecified atom stereocenters. The average molecular weight is 189 g/mol. The monoisotopic (exact) mass is 188 g/mol. The van der Waals surface area contributed by atoms with Gasteiger partial charge in [0.1, 0.15) is 11.5 Å². The van der Waals surface area contributed by atoms with Crippen molar-refractivity contribution in [1.82, 2.24) is 0 Å². The van der Waals surface area contributed by atoms with Gasteiger partial charge >= 0.3 is 5.97 Å². The second-order valence-electron chi connectivity index (χ2n) is 2.09. The minimum atomic E-state index is -0.365. The van der Waals surface area contributed by atoms with Crippen LogP contribution in [0.3, 0.4) is 0 Å². The van der Waals surface area contributed by atoms with Gasteiger partial charge in [0, 0.05) is 6.92 Å². The molecule has 1 aromatic carbocycles. The third kappa shape index (κ3) is 3.25. The Bertz CT molecular complexity index is 256. The lowest BCUT2D eigenvalue weighted by Crippen LogP contribution is -2.00. The molecular formula is C8H9ClO3. The maximum atomic E-state index is 10.4. The van der Waals surface area contributed by atoms with Gasteiger partial charge in [0.25, 0.3) is 0 Å². The van der Waals surface area contributed by atoms with Crippen molar-refractivity contribution in [2.75, 3.05) is 0 Å². The Balaban J connectivity index is 0.00000121. The van der Waals surface area contributed by atoms with Crippen LogP contribution in [0.15, 0.2) is 24.3 Å². The van der Waals surface area contributed by atoms with Crippen LogP contribution in [0.2, 0.25) is 0 Å². The highest BCUT2D eigenvalue weighted by atomic mass is 35.5. The van der Waals surface area contributed by atoms with E-state index >= 15 is 0 Å². The van der Waals surface area contributed by atoms with Gasteiger partial charge in [0.2, 0.25) is 0 Å². The first-order valence-corrected chi connectivity index (χ1v) is 3.16. The zero-order valence-corrected chi connectivity index (χ0v) is 7.30. The van der Waals surface area contributed by atoms with Gasteiger partial charge in [-0.25, -0.2) is 0 Å². The molecule has 4 heteroatoms. The van der Waals surface area contributed by atoms with Gasteiger partial charge in [-0.3, -0.25) is 4.79 Å². The molecule has 0 aromatic heterocycles. The molecule has 0 atom stereocenters.